The molecule has 1 aromatic carbocycles. The molecule has 0 amide bonds. The van der Waals surface area contributed by atoms with Gasteiger partial charge in [0.15, 0.2) is 0 Å². The van der Waals surface area contributed by atoms with Gasteiger partial charge in [-0.25, -0.2) is 0 Å². The number of fused-ring (bicyclic) bond motifs is 1. The average Bonchev–Trinajstić information content (AvgIpc) is 2.89. The number of thioether (sulfide) groups is 1. The minimum atomic E-state index is 0.398. The van der Waals surface area contributed by atoms with E-state index in [4.69, 9.17) is 10.5 Å². The molecule has 19 heavy (non-hydrogen) atoms. The van der Waals surface area contributed by atoms with Gasteiger partial charge in [0.05, 0.1) is 11.6 Å². The summed E-state index contributed by atoms with van der Waals surface area (Å²) < 4.78 is 5.68. The number of nitrogens with two attached hydrogens (primary N) is 1. The Morgan fingerprint density at radius 2 is 2.32 bits per heavy atom. The van der Waals surface area contributed by atoms with Crippen molar-refractivity contribution in [3.8, 4) is 0 Å². The van der Waals surface area contributed by atoms with Crippen LogP contribution in [-0.2, 0) is 4.74 Å². The number of hydrogen-bond donors (Lipinski definition) is 1. The Labute approximate surface area is 117 Å². The van der Waals surface area contributed by atoms with Crippen LogP contribution < -0.4 is 5.73 Å². The highest BCUT2D eigenvalue weighted by Crippen LogP contribution is 2.31. The highest BCUT2D eigenvalue weighted by atomic mass is 32.2. The maximum absolute atomic E-state index is 5.89. The highest BCUT2D eigenvalue weighted by molar-refractivity contribution is 7.99. The molecule has 0 spiro atoms. The van der Waals surface area contributed by atoms with Crippen molar-refractivity contribution in [2.75, 3.05) is 18.1 Å². The molecule has 2 N–H and O–H groups in total. The predicted molar refractivity (Wildman–Crippen MR) is 80.6 cm³/mol. The number of rotatable bonds is 3. The molecule has 0 radical (unpaired) electrons. The first kappa shape index (κ1) is 12.8. The number of nitrogens with zero attached hydrogens (tertiary/aromatic N) is 1. The molecule has 1 saturated heterocycles. The lowest BCUT2D eigenvalue weighted by Crippen LogP contribution is -2.07. The van der Waals surface area contributed by atoms with Crippen LogP contribution in [0.5, 0.6) is 0 Å². The van der Waals surface area contributed by atoms with Gasteiger partial charge in [-0.05, 0) is 44.0 Å². The Bertz CT molecular complexity index is 594. The van der Waals surface area contributed by atoms with E-state index in [0.29, 0.717) is 6.10 Å². The van der Waals surface area contributed by atoms with E-state index < -0.39 is 0 Å². The van der Waals surface area contributed by atoms with Crippen LogP contribution in [0.1, 0.15) is 18.5 Å². The van der Waals surface area contributed by atoms with Crippen molar-refractivity contribution in [2.45, 2.75) is 30.8 Å². The molecule has 0 bridgehead atoms. The van der Waals surface area contributed by atoms with Crippen molar-refractivity contribution in [3.63, 3.8) is 0 Å². The normalized spacial score (nSPS) is 19.1. The lowest BCUT2D eigenvalue weighted by molar-refractivity contribution is 0.129. The van der Waals surface area contributed by atoms with Gasteiger partial charge >= 0.3 is 0 Å². The molecule has 2 aromatic rings. The van der Waals surface area contributed by atoms with Gasteiger partial charge in [0, 0.05) is 34.0 Å². The van der Waals surface area contributed by atoms with Gasteiger partial charge in [-0.15, -0.1) is 11.8 Å². The minimum Gasteiger partial charge on any atom is -0.399 e. The zero-order chi connectivity index (χ0) is 13.2. The fraction of sp³-hybridized carbons (Fsp3) is 0.400. The first-order valence-corrected chi connectivity index (χ1v) is 7.62. The predicted octanol–water partition coefficient (Wildman–Crippen LogP) is 3.40. The minimum absolute atomic E-state index is 0.398. The molecule has 1 atom stereocenters. The standard InChI is InChI=1S/C15H18N2OS/c1-10-7-15(19-9-12-3-2-6-18-12)13-8-11(16)4-5-14(13)17-10/h4-5,7-8,12H,2-3,6,9,16H2,1H3. The van der Waals surface area contributed by atoms with Crippen LogP contribution in [0.15, 0.2) is 29.2 Å². The maximum atomic E-state index is 5.89. The number of pyridine rings is 1. The van der Waals surface area contributed by atoms with Crippen LogP contribution in [0.25, 0.3) is 10.9 Å². The van der Waals surface area contributed by atoms with Gasteiger partial charge < -0.3 is 10.5 Å². The van der Waals surface area contributed by atoms with Crippen LogP contribution in [0.2, 0.25) is 0 Å². The van der Waals surface area contributed by atoms with Gasteiger partial charge in [0.25, 0.3) is 0 Å². The van der Waals surface area contributed by atoms with E-state index in [1.807, 2.05) is 36.9 Å². The molecule has 1 aromatic heterocycles. The number of aromatic nitrogens is 1. The Morgan fingerprint density at radius 1 is 1.42 bits per heavy atom. The number of ether oxygens (including phenoxy) is 1. The quantitative estimate of drug-likeness (QED) is 0.688. The van der Waals surface area contributed by atoms with E-state index in [1.165, 1.54) is 17.7 Å². The van der Waals surface area contributed by atoms with E-state index in [9.17, 15) is 0 Å². The Balaban J connectivity index is 1.89. The van der Waals surface area contributed by atoms with Crippen molar-refractivity contribution in [3.05, 3.63) is 30.0 Å². The third-order valence-corrected chi connectivity index (χ3v) is 4.56. The third-order valence-electron chi connectivity index (χ3n) is 3.37. The molecular weight excluding hydrogens is 256 g/mol. The molecule has 4 heteroatoms. The molecule has 3 rings (SSSR count). The van der Waals surface area contributed by atoms with Crippen LogP contribution in [0.3, 0.4) is 0 Å². The summed E-state index contributed by atoms with van der Waals surface area (Å²) in [5.74, 6) is 1.01. The Kier molecular flexibility index (Phi) is 3.62. The maximum Gasteiger partial charge on any atom is 0.0717 e. The van der Waals surface area contributed by atoms with Crippen molar-refractivity contribution >= 4 is 28.4 Å². The van der Waals surface area contributed by atoms with Gasteiger partial charge in [-0.1, -0.05) is 0 Å². The van der Waals surface area contributed by atoms with E-state index >= 15 is 0 Å². The van der Waals surface area contributed by atoms with Crippen LogP contribution in [0, 0.1) is 6.92 Å². The molecule has 3 nitrogen and oxygen atoms in total. The van der Waals surface area contributed by atoms with Gasteiger partial charge in [0.1, 0.15) is 0 Å². The molecule has 1 unspecified atom stereocenters. The summed E-state index contributed by atoms with van der Waals surface area (Å²) in [5, 5.41) is 1.15. The van der Waals surface area contributed by atoms with E-state index in [1.54, 1.807) is 0 Å². The van der Waals surface area contributed by atoms with E-state index in [0.717, 1.165) is 34.6 Å². The first-order chi connectivity index (χ1) is 9.22. The monoisotopic (exact) mass is 274 g/mol. The van der Waals surface area contributed by atoms with E-state index in [2.05, 4.69) is 11.1 Å². The van der Waals surface area contributed by atoms with Gasteiger partial charge in [-0.2, -0.15) is 0 Å². The van der Waals surface area contributed by atoms with Crippen molar-refractivity contribution in [1.82, 2.24) is 4.98 Å². The molecular formula is C15H18N2OS. The second kappa shape index (κ2) is 5.39. The lowest BCUT2D eigenvalue weighted by Gasteiger charge is -2.11. The largest absolute Gasteiger partial charge is 0.399 e. The molecule has 100 valence electrons. The molecule has 1 aliphatic heterocycles. The zero-order valence-electron chi connectivity index (χ0n) is 11.1. The SMILES string of the molecule is Cc1cc(SCC2CCCO2)c2cc(N)ccc2n1. The summed E-state index contributed by atoms with van der Waals surface area (Å²) >= 11 is 1.85. The fourth-order valence-electron chi connectivity index (χ4n) is 2.42. The summed E-state index contributed by atoms with van der Waals surface area (Å²) in [6.45, 7) is 2.94. The summed E-state index contributed by atoms with van der Waals surface area (Å²) in [6.07, 6.45) is 2.76. The van der Waals surface area contributed by atoms with E-state index in [-0.39, 0.29) is 0 Å². The molecule has 0 saturated carbocycles. The van der Waals surface area contributed by atoms with Gasteiger partial charge in [-0.3, -0.25) is 4.98 Å². The van der Waals surface area contributed by atoms with Gasteiger partial charge in [0.2, 0.25) is 0 Å². The first-order valence-electron chi connectivity index (χ1n) is 6.63. The summed E-state index contributed by atoms with van der Waals surface area (Å²) in [4.78, 5) is 5.81. The second-order valence-electron chi connectivity index (χ2n) is 4.98. The number of hydrogen-bond acceptors (Lipinski definition) is 4. The lowest BCUT2D eigenvalue weighted by atomic mass is 10.2. The van der Waals surface area contributed by atoms with Crippen molar-refractivity contribution in [2.24, 2.45) is 0 Å². The number of aryl methyl sites for hydroxylation is 1. The fourth-order valence-corrected chi connectivity index (χ4v) is 3.62. The molecule has 1 aliphatic rings. The zero-order valence-corrected chi connectivity index (χ0v) is 11.9. The molecule has 1 fully saturated rings. The average molecular weight is 274 g/mol. The summed E-state index contributed by atoms with van der Waals surface area (Å²) in [6, 6.07) is 8.05. The second-order valence-corrected chi connectivity index (χ2v) is 6.05. The smallest absolute Gasteiger partial charge is 0.0717 e. The molecule has 0 aliphatic carbocycles. The van der Waals surface area contributed by atoms with Crippen molar-refractivity contribution in [1.29, 1.82) is 0 Å². The number of nitrogen functional groups attached to an aromatic ring is 1. The Morgan fingerprint density at radius 3 is 3.11 bits per heavy atom. The third kappa shape index (κ3) is 2.85. The topological polar surface area (TPSA) is 48.1 Å². The van der Waals surface area contributed by atoms with Crippen LogP contribution in [0.4, 0.5) is 5.69 Å². The highest BCUT2D eigenvalue weighted by Gasteiger charge is 2.16. The Hall–Kier alpha value is -1.26. The summed E-state index contributed by atoms with van der Waals surface area (Å²) in [5.41, 5.74) is 8.74. The van der Waals surface area contributed by atoms with Crippen LogP contribution in [-0.4, -0.2) is 23.4 Å². The summed E-state index contributed by atoms with van der Waals surface area (Å²) in [7, 11) is 0. The van der Waals surface area contributed by atoms with Crippen molar-refractivity contribution < 1.29 is 4.74 Å². The molecule has 2 heterocycles. The number of anilines is 1. The van der Waals surface area contributed by atoms with Crippen LogP contribution >= 0.6 is 11.8 Å². The number of benzene rings is 1.